The molecule has 0 saturated heterocycles. The number of fused-ring (bicyclic) bond motifs is 1. The Bertz CT molecular complexity index is 848. The van der Waals surface area contributed by atoms with E-state index >= 15 is 0 Å². The molecule has 2 aromatic rings. The molecule has 0 fully saturated rings. The molecule has 0 bridgehead atoms. The van der Waals surface area contributed by atoms with E-state index in [1.165, 1.54) is 29.5 Å². The van der Waals surface area contributed by atoms with Crippen molar-refractivity contribution in [2.45, 2.75) is 19.3 Å². The second-order valence-electron chi connectivity index (χ2n) is 5.34. The predicted octanol–water partition coefficient (Wildman–Crippen LogP) is 2.60. The fourth-order valence-electron chi connectivity index (χ4n) is 2.69. The zero-order valence-electron chi connectivity index (χ0n) is 12.5. The van der Waals surface area contributed by atoms with E-state index in [9.17, 15) is 14.0 Å². The summed E-state index contributed by atoms with van der Waals surface area (Å²) in [6.45, 7) is 0. The van der Waals surface area contributed by atoms with Gasteiger partial charge in [0.2, 0.25) is 0 Å². The van der Waals surface area contributed by atoms with Gasteiger partial charge >= 0.3 is 0 Å². The predicted molar refractivity (Wildman–Crippen MR) is 94.9 cm³/mol. The lowest BCUT2D eigenvalue weighted by molar-refractivity contribution is 0.0975. The van der Waals surface area contributed by atoms with Gasteiger partial charge in [0.1, 0.15) is 10.8 Å². The minimum Gasteiger partial charge on any atom is -0.365 e. The molecule has 1 aliphatic rings. The van der Waals surface area contributed by atoms with Crippen molar-refractivity contribution in [3.63, 3.8) is 0 Å². The molecule has 0 atom stereocenters. The lowest BCUT2D eigenvalue weighted by atomic mass is 10.1. The summed E-state index contributed by atoms with van der Waals surface area (Å²) in [5.41, 5.74) is 7.03. The number of halogens is 1. The van der Waals surface area contributed by atoms with E-state index in [-0.39, 0.29) is 10.7 Å². The maximum Gasteiger partial charge on any atom is 0.257 e. The van der Waals surface area contributed by atoms with Gasteiger partial charge in [-0.05, 0) is 55.2 Å². The Morgan fingerprint density at radius 2 is 2.08 bits per heavy atom. The molecule has 5 nitrogen and oxygen atoms in total. The first kappa shape index (κ1) is 16.5. The molecule has 3 rings (SSSR count). The third-order valence-corrected chi connectivity index (χ3v) is 5.12. The van der Waals surface area contributed by atoms with Crippen molar-refractivity contribution >= 4 is 45.5 Å². The number of hydrogen-bond donors (Lipinski definition) is 3. The third kappa shape index (κ3) is 3.29. The molecule has 1 heterocycles. The van der Waals surface area contributed by atoms with Crippen LogP contribution in [0.4, 0.5) is 9.39 Å². The normalized spacial score (nSPS) is 12.5. The first-order chi connectivity index (χ1) is 11.5. The van der Waals surface area contributed by atoms with Crippen LogP contribution >= 0.6 is 23.6 Å². The van der Waals surface area contributed by atoms with Crippen molar-refractivity contribution in [3.05, 3.63) is 51.7 Å². The number of nitrogens with one attached hydrogen (secondary N) is 2. The van der Waals surface area contributed by atoms with E-state index in [4.69, 9.17) is 18.0 Å². The number of rotatable bonds is 3. The smallest absolute Gasteiger partial charge is 0.257 e. The summed E-state index contributed by atoms with van der Waals surface area (Å²) in [4.78, 5) is 24.9. The molecule has 1 aromatic heterocycles. The van der Waals surface area contributed by atoms with Crippen LogP contribution in [-0.4, -0.2) is 16.9 Å². The topological polar surface area (TPSA) is 84.2 Å². The van der Waals surface area contributed by atoms with Crippen molar-refractivity contribution in [1.82, 2.24) is 5.32 Å². The monoisotopic (exact) mass is 363 g/mol. The van der Waals surface area contributed by atoms with E-state index in [1.54, 1.807) is 0 Å². The van der Waals surface area contributed by atoms with Crippen LogP contribution < -0.4 is 16.4 Å². The number of carbonyl (C=O) groups excluding carboxylic acids is 2. The largest absolute Gasteiger partial charge is 0.365 e. The maximum absolute atomic E-state index is 13.2. The van der Waals surface area contributed by atoms with Crippen LogP contribution in [0.5, 0.6) is 0 Å². The van der Waals surface area contributed by atoms with Gasteiger partial charge in [-0.25, -0.2) is 4.39 Å². The molecular weight excluding hydrogens is 349 g/mol. The molecule has 1 aromatic carbocycles. The van der Waals surface area contributed by atoms with Gasteiger partial charge in [0.15, 0.2) is 5.11 Å². The molecule has 2 amide bonds. The van der Waals surface area contributed by atoms with Crippen LogP contribution in [-0.2, 0) is 12.8 Å². The van der Waals surface area contributed by atoms with Gasteiger partial charge < -0.3 is 11.1 Å². The molecular formula is C16H14FN3O2S2. The Labute approximate surface area is 147 Å². The van der Waals surface area contributed by atoms with Gasteiger partial charge in [-0.15, -0.1) is 11.3 Å². The molecule has 1 aliphatic carbocycles. The maximum atomic E-state index is 13.2. The number of primary amides is 1. The molecule has 4 N–H and O–H groups in total. The minimum absolute atomic E-state index is 0.0340. The van der Waals surface area contributed by atoms with Crippen molar-refractivity contribution in [2.75, 3.05) is 5.32 Å². The van der Waals surface area contributed by atoms with E-state index in [0.29, 0.717) is 10.6 Å². The van der Waals surface area contributed by atoms with E-state index in [0.717, 1.165) is 35.8 Å². The second-order valence-corrected chi connectivity index (χ2v) is 6.86. The number of nitrogens with two attached hydrogens (primary N) is 1. The Hall–Kier alpha value is -2.32. The average molecular weight is 363 g/mol. The van der Waals surface area contributed by atoms with Gasteiger partial charge in [0.25, 0.3) is 11.8 Å². The summed E-state index contributed by atoms with van der Waals surface area (Å²) in [6, 6.07) is 5.29. The fraction of sp³-hybridized carbons (Fsp3) is 0.188. The van der Waals surface area contributed by atoms with Crippen molar-refractivity contribution in [2.24, 2.45) is 5.73 Å². The molecule has 0 radical (unpaired) electrons. The van der Waals surface area contributed by atoms with Crippen LogP contribution in [0.25, 0.3) is 0 Å². The number of amides is 2. The number of hydrogen-bond acceptors (Lipinski definition) is 4. The minimum atomic E-state index is -0.531. The Morgan fingerprint density at radius 1 is 1.29 bits per heavy atom. The Balaban J connectivity index is 1.74. The van der Waals surface area contributed by atoms with Crippen LogP contribution in [0.2, 0.25) is 0 Å². The highest BCUT2D eigenvalue weighted by Crippen LogP contribution is 2.38. The number of thiocarbonyl (C=S) groups is 1. The first-order valence-electron chi connectivity index (χ1n) is 7.28. The summed E-state index contributed by atoms with van der Waals surface area (Å²) < 4.78 is 13.2. The number of anilines is 1. The number of aryl methyl sites for hydroxylation is 1. The molecule has 8 heteroatoms. The van der Waals surface area contributed by atoms with Gasteiger partial charge in [0.05, 0.1) is 5.56 Å². The average Bonchev–Trinajstić information content (AvgIpc) is 3.06. The van der Waals surface area contributed by atoms with Gasteiger partial charge in [0, 0.05) is 10.4 Å². The van der Waals surface area contributed by atoms with Crippen LogP contribution in [0.3, 0.4) is 0 Å². The summed E-state index contributed by atoms with van der Waals surface area (Å²) in [5.74, 6) is -1.56. The first-order valence-corrected chi connectivity index (χ1v) is 8.50. The molecule has 0 spiro atoms. The molecule has 124 valence electrons. The summed E-state index contributed by atoms with van der Waals surface area (Å²) in [7, 11) is 0. The van der Waals surface area contributed by atoms with E-state index in [2.05, 4.69) is 10.6 Å². The highest BCUT2D eigenvalue weighted by atomic mass is 32.1. The lowest BCUT2D eigenvalue weighted by Crippen LogP contribution is -2.34. The van der Waals surface area contributed by atoms with Crippen molar-refractivity contribution < 1.29 is 14.0 Å². The summed E-state index contributed by atoms with van der Waals surface area (Å²) in [5, 5.41) is 5.90. The number of thiophene rings is 1. The molecule has 0 aliphatic heterocycles. The molecule has 0 saturated carbocycles. The summed E-state index contributed by atoms with van der Waals surface area (Å²) >= 11 is 6.54. The highest BCUT2D eigenvalue weighted by Gasteiger charge is 2.25. The van der Waals surface area contributed by atoms with Crippen molar-refractivity contribution in [3.8, 4) is 0 Å². The number of benzene rings is 1. The van der Waals surface area contributed by atoms with E-state index in [1.807, 2.05) is 0 Å². The molecule has 0 unspecified atom stereocenters. The quantitative estimate of drug-likeness (QED) is 0.732. The van der Waals surface area contributed by atoms with Crippen LogP contribution in [0.15, 0.2) is 24.3 Å². The SMILES string of the molecule is NC(=O)c1c(NC(=S)NC(=O)c2cccc(F)c2)sc2c1CCC2. The third-order valence-electron chi connectivity index (χ3n) is 3.71. The zero-order chi connectivity index (χ0) is 17.3. The second kappa shape index (κ2) is 6.66. The highest BCUT2D eigenvalue weighted by molar-refractivity contribution is 7.80. The Kier molecular flexibility index (Phi) is 4.59. The standard InChI is InChI=1S/C16H14FN3O2S2/c17-9-4-1-3-8(7-9)14(22)19-16(23)20-15-12(13(18)21)10-5-2-6-11(10)24-15/h1,3-4,7H,2,5-6H2,(H2,18,21)(H2,19,20,22,23). The van der Waals surface area contributed by atoms with Gasteiger partial charge in [-0.3, -0.25) is 14.9 Å². The Morgan fingerprint density at radius 3 is 2.79 bits per heavy atom. The fourth-order valence-corrected chi connectivity index (χ4v) is 4.25. The molecule has 24 heavy (non-hydrogen) atoms. The van der Waals surface area contributed by atoms with Crippen LogP contribution in [0, 0.1) is 5.82 Å². The summed E-state index contributed by atoms with van der Waals surface area (Å²) in [6.07, 6.45) is 2.72. The lowest BCUT2D eigenvalue weighted by Gasteiger charge is -2.10. The zero-order valence-corrected chi connectivity index (χ0v) is 14.2. The van der Waals surface area contributed by atoms with Crippen molar-refractivity contribution in [1.29, 1.82) is 0 Å². The van der Waals surface area contributed by atoms with E-state index < -0.39 is 17.6 Å². The van der Waals surface area contributed by atoms with Gasteiger partial charge in [-0.2, -0.15) is 0 Å². The number of carbonyl (C=O) groups is 2. The van der Waals surface area contributed by atoms with Gasteiger partial charge in [-0.1, -0.05) is 6.07 Å². The van der Waals surface area contributed by atoms with Crippen LogP contribution in [0.1, 0.15) is 37.6 Å².